The lowest BCUT2D eigenvalue weighted by Gasteiger charge is -2.08. The molecule has 0 saturated carbocycles. The first-order chi connectivity index (χ1) is 11.5. The van der Waals surface area contributed by atoms with Crippen LogP contribution in [-0.2, 0) is 6.54 Å². The van der Waals surface area contributed by atoms with Gasteiger partial charge >= 0.3 is 0 Å². The van der Waals surface area contributed by atoms with Crippen LogP contribution in [0.15, 0.2) is 47.1 Å². The van der Waals surface area contributed by atoms with E-state index in [1.54, 1.807) is 18.4 Å². The molecule has 24 heavy (non-hydrogen) atoms. The molecule has 1 amide bonds. The number of benzene rings is 1. The summed E-state index contributed by atoms with van der Waals surface area (Å²) in [5.74, 6) is -1.55. The van der Waals surface area contributed by atoms with Crippen LogP contribution in [0.5, 0.6) is 0 Å². The van der Waals surface area contributed by atoms with Crippen molar-refractivity contribution in [3.63, 3.8) is 0 Å². The minimum absolute atomic E-state index is 0.203. The highest BCUT2D eigenvalue weighted by molar-refractivity contribution is 6.05. The topological polar surface area (TPSA) is 47.2 Å². The molecular formula is C18H16F2N2O2. The normalized spacial score (nSPS) is 10.8. The van der Waals surface area contributed by atoms with Crippen molar-refractivity contribution in [1.29, 1.82) is 0 Å². The molecule has 2 heterocycles. The fourth-order valence-electron chi connectivity index (χ4n) is 2.61. The molecule has 0 atom stereocenters. The van der Waals surface area contributed by atoms with Gasteiger partial charge in [0.1, 0.15) is 5.76 Å². The van der Waals surface area contributed by atoms with Gasteiger partial charge in [-0.1, -0.05) is 0 Å². The number of amides is 1. The summed E-state index contributed by atoms with van der Waals surface area (Å²) >= 11 is 0. The Kier molecular flexibility index (Phi) is 4.20. The van der Waals surface area contributed by atoms with Crippen molar-refractivity contribution < 1.29 is 18.0 Å². The molecule has 1 aromatic carbocycles. The summed E-state index contributed by atoms with van der Waals surface area (Å²) < 4.78 is 33.5. The second-order valence-corrected chi connectivity index (χ2v) is 5.53. The molecule has 0 spiro atoms. The van der Waals surface area contributed by atoms with E-state index < -0.39 is 11.6 Å². The van der Waals surface area contributed by atoms with Crippen LogP contribution in [0.4, 0.5) is 14.5 Å². The number of nitrogens with zero attached hydrogens (tertiary/aromatic N) is 1. The van der Waals surface area contributed by atoms with E-state index in [4.69, 9.17) is 4.42 Å². The molecule has 2 aromatic heterocycles. The van der Waals surface area contributed by atoms with Crippen LogP contribution in [0.3, 0.4) is 0 Å². The molecule has 3 aromatic rings. The summed E-state index contributed by atoms with van der Waals surface area (Å²) in [5, 5.41) is 2.58. The first-order valence-corrected chi connectivity index (χ1v) is 7.41. The maximum atomic E-state index is 13.3. The first-order valence-electron chi connectivity index (χ1n) is 7.41. The van der Waals surface area contributed by atoms with Crippen LogP contribution < -0.4 is 5.32 Å². The molecule has 6 heteroatoms. The number of carbonyl (C=O) groups excluding carboxylic acids is 1. The Morgan fingerprint density at radius 2 is 1.96 bits per heavy atom. The minimum Gasteiger partial charge on any atom is -0.467 e. The predicted octanol–water partition coefficient (Wildman–Crippen LogP) is 4.28. The quantitative estimate of drug-likeness (QED) is 0.776. The van der Waals surface area contributed by atoms with E-state index in [-0.39, 0.29) is 11.6 Å². The monoisotopic (exact) mass is 330 g/mol. The van der Waals surface area contributed by atoms with Crippen LogP contribution in [0.2, 0.25) is 0 Å². The van der Waals surface area contributed by atoms with Gasteiger partial charge in [-0.25, -0.2) is 8.78 Å². The van der Waals surface area contributed by atoms with Crippen molar-refractivity contribution in [1.82, 2.24) is 4.57 Å². The lowest BCUT2D eigenvalue weighted by atomic mass is 10.2. The van der Waals surface area contributed by atoms with Crippen LogP contribution >= 0.6 is 0 Å². The Morgan fingerprint density at radius 3 is 2.62 bits per heavy atom. The molecule has 0 bridgehead atoms. The summed E-state index contributed by atoms with van der Waals surface area (Å²) in [6, 6.07) is 8.67. The van der Waals surface area contributed by atoms with E-state index in [2.05, 4.69) is 5.32 Å². The highest BCUT2D eigenvalue weighted by Gasteiger charge is 2.17. The van der Waals surface area contributed by atoms with Crippen LogP contribution in [0, 0.1) is 25.5 Å². The number of furan rings is 1. The van der Waals surface area contributed by atoms with Gasteiger partial charge in [-0.2, -0.15) is 0 Å². The van der Waals surface area contributed by atoms with Crippen LogP contribution in [0.25, 0.3) is 0 Å². The van der Waals surface area contributed by atoms with Gasteiger partial charge < -0.3 is 14.3 Å². The average molecular weight is 330 g/mol. The Hall–Kier alpha value is -2.89. The van der Waals surface area contributed by atoms with Crippen molar-refractivity contribution in [3.8, 4) is 0 Å². The number of aromatic nitrogens is 1. The van der Waals surface area contributed by atoms with Gasteiger partial charge in [0.15, 0.2) is 11.6 Å². The van der Waals surface area contributed by atoms with Crippen molar-refractivity contribution >= 4 is 11.6 Å². The van der Waals surface area contributed by atoms with Gasteiger partial charge in [0.05, 0.1) is 18.4 Å². The Bertz CT molecular complexity index is 883. The van der Waals surface area contributed by atoms with Gasteiger partial charge in [0.2, 0.25) is 0 Å². The Morgan fingerprint density at radius 1 is 1.17 bits per heavy atom. The maximum absolute atomic E-state index is 13.3. The number of halogens is 2. The molecule has 0 unspecified atom stereocenters. The zero-order chi connectivity index (χ0) is 17.3. The van der Waals surface area contributed by atoms with E-state index in [0.717, 1.165) is 29.3 Å². The van der Waals surface area contributed by atoms with Crippen molar-refractivity contribution in [2.75, 3.05) is 5.32 Å². The summed E-state index contributed by atoms with van der Waals surface area (Å²) in [6.45, 7) is 4.24. The summed E-state index contributed by atoms with van der Waals surface area (Å²) in [6.07, 6.45) is 1.60. The second kappa shape index (κ2) is 6.31. The highest BCUT2D eigenvalue weighted by Crippen LogP contribution is 2.20. The Balaban J connectivity index is 1.83. The lowest BCUT2D eigenvalue weighted by Crippen LogP contribution is -2.13. The molecule has 3 rings (SSSR count). The summed E-state index contributed by atoms with van der Waals surface area (Å²) in [7, 11) is 0. The summed E-state index contributed by atoms with van der Waals surface area (Å²) in [5.41, 5.74) is 2.35. The molecular weight excluding hydrogens is 314 g/mol. The molecule has 0 fully saturated rings. The van der Waals surface area contributed by atoms with Crippen molar-refractivity contribution in [3.05, 3.63) is 77.0 Å². The second-order valence-electron chi connectivity index (χ2n) is 5.53. The largest absolute Gasteiger partial charge is 0.467 e. The standard InChI is InChI=1S/C18H16F2N2O2/c1-11-8-15(12(2)22(11)10-14-4-3-7-24-14)18(23)21-13-5-6-16(19)17(20)9-13/h3-9H,10H2,1-2H3,(H,21,23). The number of anilines is 1. The molecule has 0 aliphatic rings. The van der Waals surface area contributed by atoms with Crippen LogP contribution in [-0.4, -0.2) is 10.5 Å². The average Bonchev–Trinajstić information content (AvgIpc) is 3.14. The third kappa shape index (κ3) is 3.08. The number of hydrogen-bond donors (Lipinski definition) is 1. The fraction of sp³-hybridized carbons (Fsp3) is 0.167. The van der Waals surface area contributed by atoms with Gasteiger partial charge in [-0.3, -0.25) is 4.79 Å². The van der Waals surface area contributed by atoms with E-state index in [9.17, 15) is 13.6 Å². The fourth-order valence-corrected chi connectivity index (χ4v) is 2.61. The highest BCUT2D eigenvalue weighted by atomic mass is 19.2. The van der Waals surface area contributed by atoms with Crippen LogP contribution in [0.1, 0.15) is 27.5 Å². The van der Waals surface area contributed by atoms with Gasteiger partial charge in [0.25, 0.3) is 5.91 Å². The first kappa shape index (κ1) is 16.0. The third-order valence-electron chi connectivity index (χ3n) is 3.89. The number of nitrogens with one attached hydrogen (secondary N) is 1. The number of rotatable bonds is 4. The SMILES string of the molecule is Cc1cc(C(=O)Nc2ccc(F)c(F)c2)c(C)n1Cc1ccco1. The van der Waals surface area contributed by atoms with E-state index in [1.807, 2.05) is 24.5 Å². The molecule has 1 N–H and O–H groups in total. The van der Waals surface area contributed by atoms with Crippen molar-refractivity contribution in [2.45, 2.75) is 20.4 Å². The molecule has 4 nitrogen and oxygen atoms in total. The zero-order valence-corrected chi connectivity index (χ0v) is 13.3. The van der Waals surface area contributed by atoms with E-state index in [0.29, 0.717) is 12.1 Å². The smallest absolute Gasteiger partial charge is 0.257 e. The number of hydrogen-bond acceptors (Lipinski definition) is 2. The lowest BCUT2D eigenvalue weighted by molar-refractivity contribution is 0.102. The number of aryl methyl sites for hydroxylation is 1. The van der Waals surface area contributed by atoms with Gasteiger partial charge in [0, 0.05) is 23.1 Å². The van der Waals surface area contributed by atoms with E-state index >= 15 is 0 Å². The molecule has 124 valence electrons. The van der Waals surface area contributed by atoms with Gasteiger partial charge in [-0.15, -0.1) is 0 Å². The molecule has 0 saturated heterocycles. The molecule has 0 aliphatic carbocycles. The predicted molar refractivity (Wildman–Crippen MR) is 86.0 cm³/mol. The third-order valence-corrected chi connectivity index (χ3v) is 3.89. The number of carbonyl (C=O) groups is 1. The minimum atomic E-state index is -1.00. The Labute approximate surface area is 137 Å². The zero-order valence-electron chi connectivity index (χ0n) is 13.3. The maximum Gasteiger partial charge on any atom is 0.257 e. The van der Waals surface area contributed by atoms with Crippen molar-refractivity contribution in [2.24, 2.45) is 0 Å². The van der Waals surface area contributed by atoms with E-state index in [1.165, 1.54) is 6.07 Å². The molecule has 0 aliphatic heterocycles. The summed E-state index contributed by atoms with van der Waals surface area (Å²) in [4.78, 5) is 12.4. The molecule has 0 radical (unpaired) electrons. The van der Waals surface area contributed by atoms with Gasteiger partial charge in [-0.05, 0) is 44.2 Å².